The number of rotatable bonds is 6. The summed E-state index contributed by atoms with van der Waals surface area (Å²) in [6, 6.07) is 10.4. The molecule has 0 spiro atoms. The van der Waals surface area contributed by atoms with Gasteiger partial charge in [0.15, 0.2) is 0 Å². The first-order valence-corrected chi connectivity index (χ1v) is 13.5. The van der Waals surface area contributed by atoms with Gasteiger partial charge < -0.3 is 14.5 Å². The molecule has 6 rings (SSSR count). The van der Waals surface area contributed by atoms with E-state index in [4.69, 9.17) is 4.74 Å². The van der Waals surface area contributed by atoms with Crippen molar-refractivity contribution in [3.05, 3.63) is 35.9 Å². The fourth-order valence-corrected chi connectivity index (χ4v) is 6.76. The predicted octanol–water partition coefficient (Wildman–Crippen LogP) is 3.75. The molecule has 2 heterocycles. The maximum atomic E-state index is 14.0. The molecular weight excluding hydrogens is 494 g/mol. The summed E-state index contributed by atoms with van der Waals surface area (Å²) in [7, 11) is 0. The Morgan fingerprint density at radius 2 is 1.71 bits per heavy atom. The summed E-state index contributed by atoms with van der Waals surface area (Å²) in [4.78, 5) is 44.5. The maximum Gasteiger partial charge on any atom is 0.411 e. The van der Waals surface area contributed by atoms with E-state index in [9.17, 15) is 28.4 Å². The number of hydrogen-bond acceptors (Lipinski definition) is 5. The fraction of sp³-hybridized carbons (Fsp3) is 0.643. The van der Waals surface area contributed by atoms with E-state index in [0.29, 0.717) is 51.5 Å². The zero-order valence-corrected chi connectivity index (χ0v) is 21.5. The highest BCUT2D eigenvalue weighted by molar-refractivity contribution is 5.85. The van der Waals surface area contributed by atoms with Crippen LogP contribution in [0.3, 0.4) is 0 Å². The van der Waals surface area contributed by atoms with E-state index in [1.54, 1.807) is 4.90 Å². The second-order valence-corrected chi connectivity index (χ2v) is 11.3. The van der Waals surface area contributed by atoms with E-state index in [1.165, 1.54) is 9.80 Å². The Bertz CT molecular complexity index is 1090. The van der Waals surface area contributed by atoms with Crippen LogP contribution in [-0.4, -0.2) is 82.7 Å². The number of alkyl halides is 2. The SMILES string of the molecule is N#C[C@@H]1C[C@H](F)CN1C(=O)CN(C(=O)OCc1ccccc1)C12CCC(C(=O)N3CCC(F)C3)(CC1)CC2. The summed E-state index contributed by atoms with van der Waals surface area (Å²) in [5.41, 5.74) is -0.420. The predicted molar refractivity (Wildman–Crippen MR) is 133 cm³/mol. The molecule has 204 valence electrons. The van der Waals surface area contributed by atoms with Crippen LogP contribution in [0.25, 0.3) is 0 Å². The average molecular weight is 529 g/mol. The van der Waals surface area contributed by atoms with Crippen molar-refractivity contribution < 1.29 is 27.9 Å². The van der Waals surface area contributed by atoms with Crippen molar-refractivity contribution in [1.29, 1.82) is 5.26 Å². The number of nitrogens with zero attached hydrogens (tertiary/aromatic N) is 4. The van der Waals surface area contributed by atoms with Gasteiger partial charge in [0.05, 0.1) is 19.2 Å². The number of fused-ring (bicyclic) bond motifs is 3. The Labute approximate surface area is 221 Å². The topological polar surface area (TPSA) is 94.0 Å². The first kappa shape index (κ1) is 26.4. The first-order valence-electron chi connectivity index (χ1n) is 13.5. The second kappa shape index (κ2) is 10.5. The molecule has 3 saturated carbocycles. The molecule has 3 atom stereocenters. The van der Waals surface area contributed by atoms with E-state index in [0.717, 1.165) is 5.56 Å². The quantitative estimate of drug-likeness (QED) is 0.561. The lowest BCUT2D eigenvalue weighted by Crippen LogP contribution is -2.63. The van der Waals surface area contributed by atoms with E-state index >= 15 is 0 Å². The highest BCUT2D eigenvalue weighted by Gasteiger charge is 2.57. The van der Waals surface area contributed by atoms with E-state index in [2.05, 4.69) is 0 Å². The van der Waals surface area contributed by atoms with E-state index < -0.39 is 41.3 Å². The number of benzene rings is 1. The molecule has 1 aromatic carbocycles. The standard InChI is InChI=1S/C28H34F2N4O4/c29-21-6-13-32(16-21)25(36)27-7-10-28(11-8-27,12-9-27)34(26(37)38-19-20-4-2-1-3-5-20)18-24(35)33-17-22(30)14-23(33)15-31/h1-5,21-23H,6-14,16-19H2/t21?,22-,23-,27?,28?/m0/s1. The molecule has 0 aromatic heterocycles. The number of hydrogen-bond donors (Lipinski definition) is 0. The van der Waals surface area contributed by atoms with Crippen LogP contribution in [0, 0.1) is 16.7 Å². The van der Waals surface area contributed by atoms with Crippen LogP contribution in [0.4, 0.5) is 13.6 Å². The molecule has 3 aliphatic carbocycles. The third-order valence-corrected chi connectivity index (χ3v) is 9.09. The molecule has 10 heteroatoms. The maximum absolute atomic E-state index is 14.0. The van der Waals surface area contributed by atoms with Crippen molar-refractivity contribution in [3.63, 3.8) is 0 Å². The zero-order chi connectivity index (χ0) is 26.9. The van der Waals surface area contributed by atoms with Crippen LogP contribution >= 0.6 is 0 Å². The molecule has 5 fully saturated rings. The Morgan fingerprint density at radius 3 is 2.32 bits per heavy atom. The smallest absolute Gasteiger partial charge is 0.411 e. The van der Waals surface area contributed by atoms with Crippen molar-refractivity contribution in [1.82, 2.24) is 14.7 Å². The lowest BCUT2D eigenvalue weighted by atomic mass is 9.56. The highest BCUT2D eigenvalue weighted by atomic mass is 19.1. The van der Waals surface area contributed by atoms with Gasteiger partial charge in [-0.25, -0.2) is 13.6 Å². The first-order chi connectivity index (χ1) is 18.2. The third-order valence-electron chi connectivity index (χ3n) is 9.09. The van der Waals surface area contributed by atoms with Gasteiger partial charge in [-0.15, -0.1) is 0 Å². The number of ether oxygens (including phenoxy) is 1. The minimum absolute atomic E-state index is 0.00291. The van der Waals surface area contributed by atoms with Gasteiger partial charge in [0, 0.05) is 23.9 Å². The van der Waals surface area contributed by atoms with Gasteiger partial charge in [-0.3, -0.25) is 14.5 Å². The van der Waals surface area contributed by atoms with Crippen LogP contribution in [0.1, 0.15) is 56.9 Å². The van der Waals surface area contributed by atoms with Gasteiger partial charge >= 0.3 is 6.09 Å². The number of nitriles is 1. The number of likely N-dealkylation sites (tertiary alicyclic amines) is 2. The number of amides is 3. The molecule has 1 unspecified atom stereocenters. The molecular formula is C28H34F2N4O4. The molecule has 8 nitrogen and oxygen atoms in total. The van der Waals surface area contributed by atoms with Crippen molar-refractivity contribution in [2.75, 3.05) is 26.2 Å². The van der Waals surface area contributed by atoms with Crippen molar-refractivity contribution >= 4 is 17.9 Å². The van der Waals surface area contributed by atoms with Crippen LogP contribution in [0.15, 0.2) is 30.3 Å². The van der Waals surface area contributed by atoms with Crippen LogP contribution in [-0.2, 0) is 20.9 Å². The molecule has 1 aromatic rings. The summed E-state index contributed by atoms with van der Waals surface area (Å²) >= 11 is 0. The Kier molecular flexibility index (Phi) is 7.30. The fourth-order valence-electron chi connectivity index (χ4n) is 6.76. The lowest BCUT2D eigenvalue weighted by Gasteiger charge is -2.56. The van der Waals surface area contributed by atoms with Crippen molar-refractivity contribution in [3.8, 4) is 6.07 Å². The van der Waals surface area contributed by atoms with E-state index in [-0.39, 0.29) is 38.6 Å². The molecule has 2 saturated heterocycles. The normalized spacial score (nSPS) is 32.2. The summed E-state index contributed by atoms with van der Waals surface area (Å²) in [6.45, 7) is 0.142. The van der Waals surface area contributed by atoms with Crippen LogP contribution in [0.5, 0.6) is 0 Å². The lowest BCUT2D eigenvalue weighted by molar-refractivity contribution is -0.153. The second-order valence-electron chi connectivity index (χ2n) is 11.3. The Morgan fingerprint density at radius 1 is 1.03 bits per heavy atom. The Balaban J connectivity index is 1.33. The molecule has 2 aliphatic heterocycles. The molecule has 5 aliphatic rings. The minimum atomic E-state index is -1.27. The number of carbonyl (C=O) groups excluding carboxylic acids is 3. The third kappa shape index (κ3) is 4.95. The monoisotopic (exact) mass is 528 g/mol. The van der Waals surface area contributed by atoms with Crippen LogP contribution in [0.2, 0.25) is 0 Å². The van der Waals surface area contributed by atoms with Crippen molar-refractivity contribution in [2.45, 2.75) is 81.9 Å². The van der Waals surface area contributed by atoms with Gasteiger partial charge in [-0.1, -0.05) is 30.3 Å². The van der Waals surface area contributed by atoms with Gasteiger partial charge in [-0.2, -0.15) is 5.26 Å². The highest BCUT2D eigenvalue weighted by Crippen LogP contribution is 2.55. The molecule has 2 bridgehead atoms. The van der Waals surface area contributed by atoms with Gasteiger partial charge in [0.2, 0.25) is 11.8 Å². The molecule has 38 heavy (non-hydrogen) atoms. The molecule has 0 N–H and O–H groups in total. The largest absolute Gasteiger partial charge is 0.445 e. The average Bonchev–Trinajstić information content (AvgIpc) is 3.56. The van der Waals surface area contributed by atoms with Crippen molar-refractivity contribution in [2.24, 2.45) is 5.41 Å². The van der Waals surface area contributed by atoms with Gasteiger partial charge in [-0.05, 0) is 50.5 Å². The zero-order valence-electron chi connectivity index (χ0n) is 21.5. The van der Waals surface area contributed by atoms with Gasteiger partial charge in [0.1, 0.15) is 31.5 Å². The number of carbonyl (C=O) groups is 3. The number of halogens is 2. The summed E-state index contributed by atoms with van der Waals surface area (Å²) in [6.07, 6.45) is 0.660. The minimum Gasteiger partial charge on any atom is -0.445 e. The molecule has 3 amide bonds. The summed E-state index contributed by atoms with van der Waals surface area (Å²) in [5, 5.41) is 9.42. The van der Waals surface area contributed by atoms with Crippen LogP contribution < -0.4 is 0 Å². The summed E-state index contributed by atoms with van der Waals surface area (Å²) < 4.78 is 33.5. The molecule has 0 radical (unpaired) electrons. The summed E-state index contributed by atoms with van der Waals surface area (Å²) in [5.74, 6) is -0.476. The Hall–Kier alpha value is -3.22. The van der Waals surface area contributed by atoms with E-state index in [1.807, 2.05) is 36.4 Å². The van der Waals surface area contributed by atoms with Gasteiger partial charge in [0.25, 0.3) is 0 Å².